The lowest BCUT2D eigenvalue weighted by molar-refractivity contribution is 0.340. The molecule has 6 heteroatoms. The Labute approximate surface area is 122 Å². The van der Waals surface area contributed by atoms with Gasteiger partial charge in [-0.3, -0.25) is 0 Å². The van der Waals surface area contributed by atoms with E-state index in [-0.39, 0.29) is 23.1 Å². The molecule has 0 aliphatic carbocycles. The van der Waals surface area contributed by atoms with Crippen molar-refractivity contribution in [1.29, 1.82) is 5.26 Å². The van der Waals surface area contributed by atoms with Gasteiger partial charge in [-0.05, 0) is 48.5 Å². The van der Waals surface area contributed by atoms with Crippen molar-refractivity contribution in [2.75, 3.05) is 12.4 Å². The molecule has 4 nitrogen and oxygen atoms in total. The quantitative estimate of drug-likeness (QED) is 0.851. The Balaban J connectivity index is 1.97. The average molecular weight is 305 g/mol. The molecule has 0 aliphatic rings. The SMILES string of the molecule is N#Cc1ccc(S(=O)(=O)CCOc2ccc(F)cc2)cc1. The highest BCUT2D eigenvalue weighted by molar-refractivity contribution is 7.91. The number of rotatable bonds is 5. The fraction of sp³-hybridized carbons (Fsp3) is 0.133. The van der Waals surface area contributed by atoms with E-state index in [1.807, 2.05) is 6.07 Å². The molecular weight excluding hydrogens is 293 g/mol. The van der Waals surface area contributed by atoms with E-state index < -0.39 is 9.84 Å². The third-order valence-electron chi connectivity index (χ3n) is 2.78. The maximum absolute atomic E-state index is 12.7. The molecule has 0 fully saturated rings. The Bertz CT molecular complexity index is 747. The number of nitriles is 1. The van der Waals surface area contributed by atoms with Crippen molar-refractivity contribution in [3.63, 3.8) is 0 Å². The van der Waals surface area contributed by atoms with Crippen LogP contribution in [0.3, 0.4) is 0 Å². The lowest BCUT2D eigenvalue weighted by atomic mass is 10.2. The van der Waals surface area contributed by atoms with Crippen LogP contribution in [0.5, 0.6) is 5.75 Å². The molecule has 0 saturated carbocycles. The van der Waals surface area contributed by atoms with Crippen LogP contribution in [-0.4, -0.2) is 20.8 Å². The van der Waals surface area contributed by atoms with Gasteiger partial charge in [0.2, 0.25) is 0 Å². The molecule has 0 bridgehead atoms. The fourth-order valence-electron chi connectivity index (χ4n) is 1.65. The monoisotopic (exact) mass is 305 g/mol. The zero-order valence-corrected chi connectivity index (χ0v) is 11.8. The standard InChI is InChI=1S/C15H12FNO3S/c16-13-3-5-14(6-4-13)20-9-10-21(18,19)15-7-1-12(11-17)2-8-15/h1-8H,9-10H2. The van der Waals surface area contributed by atoms with Crippen molar-refractivity contribution in [2.45, 2.75) is 4.90 Å². The van der Waals surface area contributed by atoms with Gasteiger partial charge < -0.3 is 4.74 Å². The second kappa shape index (κ2) is 6.37. The highest BCUT2D eigenvalue weighted by atomic mass is 32.2. The van der Waals surface area contributed by atoms with Crippen molar-refractivity contribution >= 4 is 9.84 Å². The molecule has 0 aromatic heterocycles. The molecule has 0 spiro atoms. The zero-order chi connectivity index (χ0) is 15.3. The van der Waals surface area contributed by atoms with Crippen LogP contribution in [0.2, 0.25) is 0 Å². The van der Waals surface area contributed by atoms with Crippen molar-refractivity contribution < 1.29 is 17.5 Å². The van der Waals surface area contributed by atoms with Crippen LogP contribution >= 0.6 is 0 Å². The highest BCUT2D eigenvalue weighted by Crippen LogP contribution is 2.14. The minimum Gasteiger partial charge on any atom is -0.493 e. The maximum atomic E-state index is 12.7. The van der Waals surface area contributed by atoms with Gasteiger partial charge in [0.05, 0.1) is 22.3 Å². The topological polar surface area (TPSA) is 67.2 Å². The van der Waals surface area contributed by atoms with Gasteiger partial charge in [0.1, 0.15) is 18.2 Å². The molecule has 0 heterocycles. The molecular formula is C15H12FNO3S. The van der Waals surface area contributed by atoms with Crippen LogP contribution in [0.25, 0.3) is 0 Å². The number of hydrogen-bond acceptors (Lipinski definition) is 4. The van der Waals surface area contributed by atoms with Crippen LogP contribution in [0.15, 0.2) is 53.4 Å². The molecule has 108 valence electrons. The first-order valence-electron chi connectivity index (χ1n) is 6.12. The summed E-state index contributed by atoms with van der Waals surface area (Å²) in [5, 5.41) is 8.67. The Morgan fingerprint density at radius 3 is 2.24 bits per heavy atom. The summed E-state index contributed by atoms with van der Waals surface area (Å²) in [5.74, 6) is -0.171. The molecule has 0 N–H and O–H groups in total. The molecule has 2 aromatic carbocycles. The predicted molar refractivity (Wildman–Crippen MR) is 75.1 cm³/mol. The van der Waals surface area contributed by atoms with E-state index >= 15 is 0 Å². The zero-order valence-electron chi connectivity index (χ0n) is 11.0. The van der Waals surface area contributed by atoms with Gasteiger partial charge >= 0.3 is 0 Å². The summed E-state index contributed by atoms with van der Waals surface area (Å²) in [6.07, 6.45) is 0. The fourth-order valence-corrected chi connectivity index (χ4v) is 2.74. The largest absolute Gasteiger partial charge is 0.493 e. The van der Waals surface area contributed by atoms with Gasteiger partial charge in [0, 0.05) is 0 Å². The second-order valence-corrected chi connectivity index (χ2v) is 6.37. The van der Waals surface area contributed by atoms with Crippen LogP contribution in [0, 0.1) is 17.1 Å². The van der Waals surface area contributed by atoms with E-state index in [9.17, 15) is 12.8 Å². The number of sulfone groups is 1. The third kappa shape index (κ3) is 4.04. The minimum atomic E-state index is -3.47. The molecule has 0 amide bonds. The van der Waals surface area contributed by atoms with Crippen molar-refractivity contribution in [2.24, 2.45) is 0 Å². The molecule has 0 radical (unpaired) electrons. The van der Waals surface area contributed by atoms with Gasteiger partial charge in [-0.25, -0.2) is 12.8 Å². The third-order valence-corrected chi connectivity index (χ3v) is 4.47. The lowest BCUT2D eigenvalue weighted by Crippen LogP contribution is -2.14. The van der Waals surface area contributed by atoms with E-state index in [4.69, 9.17) is 10.00 Å². The molecule has 2 aromatic rings. The van der Waals surface area contributed by atoms with Crippen molar-refractivity contribution in [1.82, 2.24) is 0 Å². The summed E-state index contributed by atoms with van der Waals surface area (Å²) < 4.78 is 42.1. The van der Waals surface area contributed by atoms with E-state index in [1.165, 1.54) is 48.5 Å². The molecule has 0 atom stereocenters. The van der Waals surface area contributed by atoms with Gasteiger partial charge in [-0.1, -0.05) is 0 Å². The second-order valence-electron chi connectivity index (χ2n) is 4.26. The summed E-state index contributed by atoms with van der Waals surface area (Å²) in [6, 6.07) is 13.0. The normalized spacial score (nSPS) is 10.9. The first-order chi connectivity index (χ1) is 10.0. The summed E-state index contributed by atoms with van der Waals surface area (Å²) in [4.78, 5) is 0.143. The molecule has 21 heavy (non-hydrogen) atoms. The van der Waals surface area contributed by atoms with Gasteiger partial charge in [0.15, 0.2) is 9.84 Å². The van der Waals surface area contributed by atoms with Crippen molar-refractivity contribution in [3.05, 3.63) is 59.9 Å². The summed E-state index contributed by atoms with van der Waals surface area (Å²) in [7, 11) is -3.47. The Hall–Kier alpha value is -2.39. The highest BCUT2D eigenvalue weighted by Gasteiger charge is 2.14. The van der Waals surface area contributed by atoms with E-state index in [1.54, 1.807) is 0 Å². The number of halogens is 1. The number of nitrogens with zero attached hydrogens (tertiary/aromatic N) is 1. The molecule has 0 unspecified atom stereocenters. The number of ether oxygens (including phenoxy) is 1. The van der Waals surface area contributed by atoms with Gasteiger partial charge in [-0.15, -0.1) is 0 Å². The van der Waals surface area contributed by atoms with E-state index in [0.29, 0.717) is 11.3 Å². The lowest BCUT2D eigenvalue weighted by Gasteiger charge is -2.07. The molecule has 0 aliphatic heterocycles. The minimum absolute atomic E-state index is 0.0338. The summed E-state index contributed by atoms with van der Waals surface area (Å²) in [6.45, 7) is -0.0338. The smallest absolute Gasteiger partial charge is 0.181 e. The van der Waals surface area contributed by atoms with Crippen LogP contribution in [0.4, 0.5) is 4.39 Å². The summed E-state index contributed by atoms with van der Waals surface area (Å²) >= 11 is 0. The van der Waals surface area contributed by atoms with Crippen LogP contribution in [0.1, 0.15) is 5.56 Å². The van der Waals surface area contributed by atoms with Crippen LogP contribution in [-0.2, 0) is 9.84 Å². The molecule has 2 rings (SSSR count). The van der Waals surface area contributed by atoms with E-state index in [0.717, 1.165) is 0 Å². The molecule has 0 saturated heterocycles. The summed E-state index contributed by atoms with van der Waals surface area (Å²) in [5.41, 5.74) is 0.400. The van der Waals surface area contributed by atoms with Crippen molar-refractivity contribution in [3.8, 4) is 11.8 Å². The Morgan fingerprint density at radius 1 is 1.05 bits per heavy atom. The van der Waals surface area contributed by atoms with Gasteiger partial charge in [-0.2, -0.15) is 5.26 Å². The average Bonchev–Trinajstić information content (AvgIpc) is 2.49. The van der Waals surface area contributed by atoms with Gasteiger partial charge in [0.25, 0.3) is 0 Å². The van der Waals surface area contributed by atoms with E-state index in [2.05, 4.69) is 0 Å². The maximum Gasteiger partial charge on any atom is 0.181 e. The Morgan fingerprint density at radius 2 is 1.67 bits per heavy atom. The predicted octanol–water partition coefficient (Wildman–Crippen LogP) is 2.55. The Kier molecular flexibility index (Phi) is 4.55. The number of benzene rings is 2. The number of hydrogen-bond donors (Lipinski definition) is 0. The first-order valence-corrected chi connectivity index (χ1v) is 7.78. The first kappa shape index (κ1) is 15.0. The van der Waals surface area contributed by atoms with Crippen LogP contribution < -0.4 is 4.74 Å².